The Kier molecular flexibility index (Phi) is 4.57. The molecule has 0 saturated carbocycles. The molecule has 0 saturated heterocycles. The van der Waals surface area contributed by atoms with Crippen molar-refractivity contribution in [1.82, 2.24) is 0 Å². The molecule has 0 fully saturated rings. The highest BCUT2D eigenvalue weighted by Gasteiger charge is 2.22. The summed E-state index contributed by atoms with van der Waals surface area (Å²) < 4.78 is 5.88. The van der Waals surface area contributed by atoms with Crippen LogP contribution in [-0.4, -0.2) is 12.6 Å². The number of fused-ring (bicyclic) bond motifs is 1. The second-order valence-corrected chi connectivity index (χ2v) is 4.95. The molecular weight excluding hydrogens is 210 g/mol. The summed E-state index contributed by atoms with van der Waals surface area (Å²) in [6.07, 6.45) is 5.75. The lowest BCUT2D eigenvalue weighted by atomic mass is 9.92. The van der Waals surface area contributed by atoms with Gasteiger partial charge in [-0.3, -0.25) is 0 Å². The topological polar surface area (TPSA) is 35.2 Å². The molecular formula is C15H23NO. The van der Waals surface area contributed by atoms with Crippen LogP contribution < -0.4 is 5.73 Å². The van der Waals surface area contributed by atoms with Gasteiger partial charge in [-0.1, -0.05) is 44.0 Å². The number of rotatable bonds is 5. The summed E-state index contributed by atoms with van der Waals surface area (Å²) in [6.45, 7) is 3.04. The standard InChI is InChI=1S/C15H23NO/c1-2-3-7-13(16)11-15-14-8-5-4-6-12(14)9-10-17-15/h4-6,8,13,15H,2-3,7,9-11,16H2,1H3. The van der Waals surface area contributed by atoms with Crippen LogP contribution in [0.1, 0.15) is 49.8 Å². The predicted octanol–water partition coefficient (Wildman–Crippen LogP) is 3.21. The van der Waals surface area contributed by atoms with Crippen LogP contribution in [0.3, 0.4) is 0 Å². The third-order valence-corrected chi connectivity index (χ3v) is 3.54. The van der Waals surface area contributed by atoms with Crippen molar-refractivity contribution in [2.24, 2.45) is 5.73 Å². The van der Waals surface area contributed by atoms with Gasteiger partial charge < -0.3 is 10.5 Å². The lowest BCUT2D eigenvalue weighted by Crippen LogP contribution is -2.26. The van der Waals surface area contributed by atoms with Crippen molar-refractivity contribution < 1.29 is 4.74 Å². The van der Waals surface area contributed by atoms with Crippen LogP contribution in [-0.2, 0) is 11.2 Å². The van der Waals surface area contributed by atoms with Gasteiger partial charge in [0, 0.05) is 6.04 Å². The van der Waals surface area contributed by atoms with E-state index in [-0.39, 0.29) is 12.1 Å². The first-order valence-electron chi connectivity index (χ1n) is 6.76. The number of hydrogen-bond donors (Lipinski definition) is 1. The zero-order valence-electron chi connectivity index (χ0n) is 10.7. The minimum absolute atomic E-state index is 0.215. The Morgan fingerprint density at radius 2 is 2.24 bits per heavy atom. The van der Waals surface area contributed by atoms with Crippen molar-refractivity contribution in [1.29, 1.82) is 0 Å². The van der Waals surface area contributed by atoms with Crippen molar-refractivity contribution >= 4 is 0 Å². The van der Waals surface area contributed by atoms with E-state index < -0.39 is 0 Å². The molecule has 1 aliphatic rings. The average Bonchev–Trinajstić information content (AvgIpc) is 2.37. The van der Waals surface area contributed by atoms with Gasteiger partial charge in [0.1, 0.15) is 0 Å². The van der Waals surface area contributed by atoms with E-state index in [0.717, 1.165) is 25.9 Å². The first-order chi connectivity index (χ1) is 8.31. The summed E-state index contributed by atoms with van der Waals surface area (Å²) in [5.74, 6) is 0. The van der Waals surface area contributed by atoms with Crippen LogP contribution in [0.4, 0.5) is 0 Å². The number of ether oxygens (including phenoxy) is 1. The molecule has 0 spiro atoms. The Hall–Kier alpha value is -0.860. The largest absolute Gasteiger partial charge is 0.373 e. The molecule has 17 heavy (non-hydrogen) atoms. The molecule has 94 valence electrons. The number of unbranched alkanes of at least 4 members (excludes halogenated alkanes) is 1. The molecule has 2 nitrogen and oxygen atoms in total. The first-order valence-corrected chi connectivity index (χ1v) is 6.76. The predicted molar refractivity (Wildman–Crippen MR) is 71.0 cm³/mol. The Labute approximate surface area is 104 Å². The summed E-state index contributed by atoms with van der Waals surface area (Å²) in [6, 6.07) is 8.87. The molecule has 1 aromatic carbocycles. The van der Waals surface area contributed by atoms with Gasteiger partial charge in [-0.2, -0.15) is 0 Å². The van der Waals surface area contributed by atoms with Gasteiger partial charge in [0.15, 0.2) is 0 Å². The summed E-state index contributed by atoms with van der Waals surface area (Å²) in [7, 11) is 0. The van der Waals surface area contributed by atoms with Gasteiger partial charge in [0.25, 0.3) is 0 Å². The van der Waals surface area contributed by atoms with Gasteiger partial charge >= 0.3 is 0 Å². The third-order valence-electron chi connectivity index (χ3n) is 3.54. The Bertz CT molecular complexity index is 351. The van der Waals surface area contributed by atoms with Crippen molar-refractivity contribution in [2.45, 2.75) is 51.2 Å². The SMILES string of the molecule is CCCCC(N)CC1OCCc2ccccc21. The zero-order valence-corrected chi connectivity index (χ0v) is 10.7. The van der Waals surface area contributed by atoms with Crippen LogP contribution in [0.5, 0.6) is 0 Å². The summed E-state index contributed by atoms with van der Waals surface area (Å²) in [5, 5.41) is 0. The molecule has 2 heteroatoms. The van der Waals surface area contributed by atoms with E-state index in [1.54, 1.807) is 0 Å². The van der Waals surface area contributed by atoms with Gasteiger partial charge in [0.05, 0.1) is 12.7 Å². The monoisotopic (exact) mass is 233 g/mol. The Morgan fingerprint density at radius 3 is 3.06 bits per heavy atom. The normalized spacial score (nSPS) is 20.9. The molecule has 0 bridgehead atoms. The molecule has 0 radical (unpaired) electrons. The number of hydrogen-bond acceptors (Lipinski definition) is 2. The van der Waals surface area contributed by atoms with Gasteiger partial charge in [-0.05, 0) is 30.4 Å². The second-order valence-electron chi connectivity index (χ2n) is 4.95. The van der Waals surface area contributed by atoms with E-state index in [2.05, 4.69) is 31.2 Å². The van der Waals surface area contributed by atoms with Crippen LogP contribution in [0.15, 0.2) is 24.3 Å². The summed E-state index contributed by atoms with van der Waals surface area (Å²) in [5.41, 5.74) is 8.96. The Balaban J connectivity index is 1.98. The molecule has 1 aliphatic heterocycles. The maximum Gasteiger partial charge on any atom is 0.0842 e. The molecule has 1 aromatic rings. The summed E-state index contributed by atoms with van der Waals surface area (Å²) >= 11 is 0. The van der Waals surface area contributed by atoms with Crippen LogP contribution in [0.2, 0.25) is 0 Å². The van der Waals surface area contributed by atoms with E-state index in [0.29, 0.717) is 0 Å². The Morgan fingerprint density at radius 1 is 1.41 bits per heavy atom. The highest BCUT2D eigenvalue weighted by molar-refractivity contribution is 5.30. The lowest BCUT2D eigenvalue weighted by molar-refractivity contribution is 0.0315. The van der Waals surface area contributed by atoms with Gasteiger partial charge in [0.2, 0.25) is 0 Å². The average molecular weight is 233 g/mol. The molecule has 2 N–H and O–H groups in total. The quantitative estimate of drug-likeness (QED) is 0.847. The fraction of sp³-hybridized carbons (Fsp3) is 0.600. The maximum atomic E-state index is 6.17. The summed E-state index contributed by atoms with van der Waals surface area (Å²) in [4.78, 5) is 0. The minimum atomic E-state index is 0.215. The van der Waals surface area contributed by atoms with Crippen molar-refractivity contribution in [3.8, 4) is 0 Å². The van der Waals surface area contributed by atoms with E-state index in [1.807, 2.05) is 0 Å². The zero-order chi connectivity index (χ0) is 12.1. The molecule has 2 atom stereocenters. The highest BCUT2D eigenvalue weighted by Crippen LogP contribution is 2.30. The molecule has 0 aromatic heterocycles. The minimum Gasteiger partial charge on any atom is -0.373 e. The first kappa shape index (κ1) is 12.6. The van der Waals surface area contributed by atoms with Crippen LogP contribution >= 0.6 is 0 Å². The van der Waals surface area contributed by atoms with E-state index >= 15 is 0 Å². The maximum absolute atomic E-state index is 6.17. The van der Waals surface area contributed by atoms with Crippen molar-refractivity contribution in [2.75, 3.05) is 6.61 Å². The van der Waals surface area contributed by atoms with Gasteiger partial charge in [-0.15, -0.1) is 0 Å². The second kappa shape index (κ2) is 6.18. The van der Waals surface area contributed by atoms with Crippen LogP contribution in [0.25, 0.3) is 0 Å². The van der Waals surface area contributed by atoms with Gasteiger partial charge in [-0.25, -0.2) is 0 Å². The number of nitrogens with two attached hydrogens (primary N) is 1. The molecule has 0 aliphatic carbocycles. The molecule has 1 heterocycles. The fourth-order valence-electron chi connectivity index (χ4n) is 2.53. The lowest BCUT2D eigenvalue weighted by Gasteiger charge is -2.28. The van der Waals surface area contributed by atoms with E-state index in [1.165, 1.54) is 24.0 Å². The van der Waals surface area contributed by atoms with Crippen molar-refractivity contribution in [3.63, 3.8) is 0 Å². The number of benzene rings is 1. The van der Waals surface area contributed by atoms with Crippen LogP contribution in [0, 0.1) is 0 Å². The molecule has 0 amide bonds. The van der Waals surface area contributed by atoms with E-state index in [9.17, 15) is 0 Å². The highest BCUT2D eigenvalue weighted by atomic mass is 16.5. The van der Waals surface area contributed by atoms with Crippen molar-refractivity contribution in [3.05, 3.63) is 35.4 Å². The smallest absolute Gasteiger partial charge is 0.0842 e. The van der Waals surface area contributed by atoms with E-state index in [4.69, 9.17) is 10.5 Å². The molecule has 2 unspecified atom stereocenters. The fourth-order valence-corrected chi connectivity index (χ4v) is 2.53. The molecule has 2 rings (SSSR count). The third kappa shape index (κ3) is 3.30.